The predicted molar refractivity (Wildman–Crippen MR) is 71.7 cm³/mol. The fourth-order valence-corrected chi connectivity index (χ4v) is 1.83. The fraction of sp³-hybridized carbons (Fsp3) is 0.462. The molecule has 7 heteroatoms. The molecule has 0 saturated heterocycles. The number of alkyl halides is 4. The summed E-state index contributed by atoms with van der Waals surface area (Å²) in [6, 6.07) is 2.85. The van der Waals surface area contributed by atoms with Crippen molar-refractivity contribution in [2.75, 3.05) is 0 Å². The van der Waals surface area contributed by atoms with Crippen LogP contribution in [0.1, 0.15) is 37.5 Å². The molecule has 0 radical (unpaired) electrons. The number of halogens is 4. The van der Waals surface area contributed by atoms with E-state index in [2.05, 4.69) is 4.40 Å². The molecule has 0 heterocycles. The molecule has 0 aliphatic rings. The Morgan fingerprint density at radius 3 is 2.25 bits per heavy atom. The number of nitrogens with zero attached hydrogens (tertiary/aromatic N) is 1. The number of rotatable bonds is 3. The van der Waals surface area contributed by atoms with Crippen LogP contribution in [-0.4, -0.2) is 15.5 Å². The molecule has 2 nitrogen and oxygen atoms in total. The summed E-state index contributed by atoms with van der Waals surface area (Å²) >= 11 is -1.58. The van der Waals surface area contributed by atoms with E-state index < -0.39 is 34.5 Å². The van der Waals surface area contributed by atoms with Crippen LogP contribution in [0.2, 0.25) is 0 Å². The van der Waals surface area contributed by atoms with Crippen molar-refractivity contribution in [2.45, 2.75) is 38.4 Å². The Balaban J connectivity index is 3.10. The second kappa shape index (κ2) is 6.13. The molecule has 112 valence electrons. The van der Waals surface area contributed by atoms with Gasteiger partial charge in [-0.15, -0.1) is 0 Å². The van der Waals surface area contributed by atoms with E-state index in [4.69, 9.17) is 0 Å². The second-order valence-electron chi connectivity index (χ2n) is 5.19. The molecule has 0 unspecified atom stereocenters. The first-order valence-electron chi connectivity index (χ1n) is 5.77. The van der Waals surface area contributed by atoms with Gasteiger partial charge in [-0.3, -0.25) is 0 Å². The van der Waals surface area contributed by atoms with Crippen LogP contribution in [0.5, 0.6) is 0 Å². The molecule has 0 bridgehead atoms. The van der Waals surface area contributed by atoms with Gasteiger partial charge >= 0.3 is 6.18 Å². The van der Waals surface area contributed by atoms with Crippen LogP contribution in [0.15, 0.2) is 22.6 Å². The van der Waals surface area contributed by atoms with Gasteiger partial charge in [-0.25, -0.2) is 4.39 Å². The fourth-order valence-electron chi connectivity index (χ4n) is 1.30. The quantitative estimate of drug-likeness (QED) is 0.471. The topological polar surface area (TPSA) is 35.4 Å². The smallest absolute Gasteiger partial charge is 0.416 e. The third kappa shape index (κ3) is 4.79. The summed E-state index contributed by atoms with van der Waals surface area (Å²) in [6.45, 7) is 4.08. The molecular formula is C13H15F4NOS. The lowest BCUT2D eigenvalue weighted by Gasteiger charge is -2.17. The molecule has 0 fully saturated rings. The van der Waals surface area contributed by atoms with Crippen LogP contribution in [-0.2, 0) is 24.2 Å². The van der Waals surface area contributed by atoms with Crippen LogP contribution in [0.25, 0.3) is 0 Å². The van der Waals surface area contributed by atoms with Crippen molar-refractivity contribution < 1.29 is 22.1 Å². The molecule has 1 atom stereocenters. The molecule has 0 amide bonds. The molecule has 1 rings (SSSR count). The molecule has 0 aromatic heterocycles. The molecule has 20 heavy (non-hydrogen) atoms. The van der Waals surface area contributed by atoms with Gasteiger partial charge in [0, 0.05) is 0 Å². The first-order chi connectivity index (χ1) is 9.04. The Bertz CT molecular complexity index is 494. The molecule has 1 aromatic rings. The Morgan fingerprint density at radius 1 is 1.20 bits per heavy atom. The minimum absolute atomic E-state index is 0.0741. The highest BCUT2D eigenvalue weighted by molar-refractivity contribution is 7.91. The molecule has 0 aliphatic heterocycles. The monoisotopic (exact) mass is 309 g/mol. The van der Waals surface area contributed by atoms with Crippen LogP contribution < -0.4 is 0 Å². The van der Waals surface area contributed by atoms with Crippen molar-refractivity contribution >= 4 is 17.6 Å². The van der Waals surface area contributed by atoms with E-state index in [1.807, 2.05) is 0 Å². The van der Waals surface area contributed by atoms with E-state index in [9.17, 15) is 22.1 Å². The zero-order chi connectivity index (χ0) is 15.6. The lowest BCUT2D eigenvalue weighted by Crippen LogP contribution is -2.25. The van der Waals surface area contributed by atoms with Gasteiger partial charge in [0.15, 0.2) is 0 Å². The highest BCUT2D eigenvalue weighted by Crippen LogP contribution is 2.30. The standard InChI is InChI=1S/C13H15F4NOS/c1-12(2,3)20(19)18-8-10-4-9(7-14)5-11(6-10)13(15,16)17/h4-6,8H,7H2,1-3H3/b18-8+/t20-/m0/s1. The highest BCUT2D eigenvalue weighted by Gasteiger charge is 2.31. The largest absolute Gasteiger partial charge is 0.591 e. The van der Waals surface area contributed by atoms with Gasteiger partial charge in [-0.2, -0.15) is 13.2 Å². The second-order valence-corrected chi connectivity index (χ2v) is 7.12. The minimum Gasteiger partial charge on any atom is -0.591 e. The summed E-state index contributed by atoms with van der Waals surface area (Å²) in [5.41, 5.74) is -0.969. The summed E-state index contributed by atoms with van der Waals surface area (Å²) in [5.74, 6) is 0. The van der Waals surface area contributed by atoms with Gasteiger partial charge in [-0.05, 0) is 50.1 Å². The van der Waals surface area contributed by atoms with E-state index in [0.717, 1.165) is 18.3 Å². The first kappa shape index (κ1) is 17.0. The maximum absolute atomic E-state index is 12.6. The number of hydrogen-bond donors (Lipinski definition) is 0. The third-order valence-corrected chi connectivity index (χ3v) is 3.66. The molecule has 0 N–H and O–H groups in total. The van der Waals surface area contributed by atoms with Crippen molar-refractivity contribution in [3.05, 3.63) is 34.9 Å². The average Bonchev–Trinajstić information content (AvgIpc) is 2.33. The van der Waals surface area contributed by atoms with Crippen LogP contribution in [0.3, 0.4) is 0 Å². The maximum Gasteiger partial charge on any atom is 0.416 e. The first-order valence-corrected chi connectivity index (χ1v) is 6.88. The number of benzene rings is 1. The van der Waals surface area contributed by atoms with Gasteiger partial charge in [-0.1, -0.05) is 4.40 Å². The zero-order valence-electron chi connectivity index (χ0n) is 11.3. The van der Waals surface area contributed by atoms with Gasteiger partial charge in [0.05, 0.1) is 11.8 Å². The molecule has 1 aromatic carbocycles. The Labute approximate surface area is 118 Å². The summed E-state index contributed by atoms with van der Waals surface area (Å²) in [6.07, 6.45) is -3.48. The van der Waals surface area contributed by atoms with Crippen LogP contribution in [0.4, 0.5) is 17.6 Å². The lowest BCUT2D eigenvalue weighted by atomic mass is 10.1. The molecule has 0 saturated carbocycles. The summed E-state index contributed by atoms with van der Waals surface area (Å²) in [7, 11) is 0. The van der Waals surface area contributed by atoms with Crippen molar-refractivity contribution in [1.82, 2.24) is 0 Å². The van der Waals surface area contributed by atoms with E-state index in [-0.39, 0.29) is 11.1 Å². The lowest BCUT2D eigenvalue weighted by molar-refractivity contribution is -0.137. The zero-order valence-corrected chi connectivity index (χ0v) is 12.1. The molecule has 0 spiro atoms. The highest BCUT2D eigenvalue weighted by atomic mass is 32.2. The van der Waals surface area contributed by atoms with Crippen LogP contribution in [0, 0.1) is 0 Å². The molecule has 0 aliphatic carbocycles. The maximum atomic E-state index is 12.6. The SMILES string of the molecule is CC(C)(C)[S@+]([O-])/N=C/c1cc(CF)cc(C(F)(F)F)c1. The Hall–Kier alpha value is -1.08. The number of hydrogen-bond acceptors (Lipinski definition) is 2. The van der Waals surface area contributed by atoms with Gasteiger partial charge < -0.3 is 4.55 Å². The van der Waals surface area contributed by atoms with Gasteiger partial charge in [0.1, 0.15) is 22.8 Å². The Morgan fingerprint density at radius 2 is 1.80 bits per heavy atom. The average molecular weight is 309 g/mol. The summed E-state index contributed by atoms with van der Waals surface area (Å²) < 4.78 is 65.3. The van der Waals surface area contributed by atoms with Crippen molar-refractivity contribution in [1.29, 1.82) is 0 Å². The van der Waals surface area contributed by atoms with E-state index >= 15 is 0 Å². The van der Waals surface area contributed by atoms with Crippen molar-refractivity contribution in [2.24, 2.45) is 4.40 Å². The van der Waals surface area contributed by atoms with Crippen molar-refractivity contribution in [3.8, 4) is 0 Å². The van der Waals surface area contributed by atoms with Gasteiger partial charge in [0.25, 0.3) is 0 Å². The van der Waals surface area contributed by atoms with E-state index in [1.54, 1.807) is 20.8 Å². The normalized spacial score (nSPS) is 14.8. The molecular weight excluding hydrogens is 294 g/mol. The van der Waals surface area contributed by atoms with Gasteiger partial charge in [0.2, 0.25) is 0 Å². The Kier molecular flexibility index (Phi) is 5.21. The van der Waals surface area contributed by atoms with Crippen LogP contribution >= 0.6 is 0 Å². The van der Waals surface area contributed by atoms with E-state index in [0.29, 0.717) is 0 Å². The predicted octanol–water partition coefficient (Wildman–Crippen LogP) is 4.06. The third-order valence-electron chi connectivity index (χ3n) is 2.32. The minimum atomic E-state index is -4.56. The summed E-state index contributed by atoms with van der Waals surface area (Å²) in [4.78, 5) is 0. The summed E-state index contributed by atoms with van der Waals surface area (Å²) in [5, 5.41) is 0. The van der Waals surface area contributed by atoms with Crippen molar-refractivity contribution in [3.63, 3.8) is 0 Å². The van der Waals surface area contributed by atoms with E-state index in [1.165, 1.54) is 6.07 Å².